The van der Waals surface area contributed by atoms with Crippen LogP contribution >= 0.6 is 11.8 Å². The van der Waals surface area contributed by atoms with Crippen molar-refractivity contribution in [3.8, 4) is 0 Å². The highest BCUT2D eigenvalue weighted by Gasteiger charge is 2.38. The quantitative estimate of drug-likeness (QED) is 0.607. The van der Waals surface area contributed by atoms with Crippen LogP contribution in [0.1, 0.15) is 29.9 Å². The zero-order chi connectivity index (χ0) is 21.0. The van der Waals surface area contributed by atoms with Crippen molar-refractivity contribution in [3.63, 3.8) is 0 Å². The molecule has 2 aromatic carbocycles. The van der Waals surface area contributed by atoms with Crippen molar-refractivity contribution in [1.29, 1.82) is 0 Å². The van der Waals surface area contributed by atoms with Crippen molar-refractivity contribution in [3.05, 3.63) is 77.6 Å². The molecule has 0 bridgehead atoms. The van der Waals surface area contributed by atoms with Gasteiger partial charge in [0.2, 0.25) is 11.7 Å². The molecule has 0 radical (unpaired) electrons. The summed E-state index contributed by atoms with van der Waals surface area (Å²) in [5, 5.41) is 9.11. The molecule has 0 aliphatic heterocycles. The number of aromatic nitrogens is 3. The Bertz CT molecular complexity index is 921. The number of carbonyl (C=O) groups excluding carboxylic acids is 1. The third kappa shape index (κ3) is 4.97. The summed E-state index contributed by atoms with van der Waals surface area (Å²) < 4.78 is 39.5. The Kier molecular flexibility index (Phi) is 6.26. The minimum atomic E-state index is -4.60. The fraction of sp³-hybridized carbons (Fsp3) is 0.250. The zero-order valence-corrected chi connectivity index (χ0v) is 16.5. The number of alkyl halides is 3. The number of thioether (sulfide) groups is 1. The van der Waals surface area contributed by atoms with Gasteiger partial charge < -0.3 is 9.88 Å². The van der Waals surface area contributed by atoms with E-state index in [1.54, 1.807) is 6.92 Å². The van der Waals surface area contributed by atoms with Crippen LogP contribution in [0.3, 0.4) is 0 Å². The molecule has 1 atom stereocenters. The van der Waals surface area contributed by atoms with Gasteiger partial charge in [0.1, 0.15) is 0 Å². The first-order valence-electron chi connectivity index (χ1n) is 8.81. The molecule has 1 amide bonds. The summed E-state index contributed by atoms with van der Waals surface area (Å²) in [7, 11) is 1.23. The number of carbonyl (C=O) groups is 1. The van der Waals surface area contributed by atoms with Gasteiger partial charge in [-0.05, 0) is 18.1 Å². The van der Waals surface area contributed by atoms with Crippen molar-refractivity contribution in [1.82, 2.24) is 20.1 Å². The lowest BCUT2D eigenvalue weighted by Gasteiger charge is -2.22. The normalized spacial score (nSPS) is 12.8. The summed E-state index contributed by atoms with van der Waals surface area (Å²) in [5.74, 6) is -1.41. The van der Waals surface area contributed by atoms with E-state index in [4.69, 9.17) is 0 Å². The molecule has 1 N–H and O–H groups in total. The highest BCUT2D eigenvalue weighted by Crippen LogP contribution is 2.31. The summed E-state index contributed by atoms with van der Waals surface area (Å²) in [6.45, 7) is 1.62. The maximum absolute atomic E-state index is 12.9. The fourth-order valence-corrected chi connectivity index (χ4v) is 3.61. The molecule has 0 fully saturated rings. The van der Waals surface area contributed by atoms with E-state index in [2.05, 4.69) is 15.5 Å². The Hall–Kier alpha value is -2.81. The Morgan fingerprint density at radius 3 is 1.97 bits per heavy atom. The van der Waals surface area contributed by atoms with Crippen LogP contribution in [-0.2, 0) is 18.0 Å². The number of rotatable bonds is 6. The summed E-state index contributed by atoms with van der Waals surface area (Å²) in [5.41, 5.74) is 1.81. The summed E-state index contributed by atoms with van der Waals surface area (Å²) >= 11 is 0.925. The van der Waals surface area contributed by atoms with Gasteiger partial charge in [0, 0.05) is 7.05 Å². The fourth-order valence-electron chi connectivity index (χ4n) is 2.79. The third-order valence-electron chi connectivity index (χ3n) is 4.29. The van der Waals surface area contributed by atoms with E-state index in [1.165, 1.54) is 7.05 Å². The smallest absolute Gasteiger partial charge is 0.344 e. The number of nitrogens with one attached hydrogen (secondary N) is 1. The van der Waals surface area contributed by atoms with Crippen molar-refractivity contribution in [2.24, 2.45) is 7.05 Å². The van der Waals surface area contributed by atoms with Crippen molar-refractivity contribution in [2.75, 3.05) is 0 Å². The van der Waals surface area contributed by atoms with E-state index < -0.39 is 17.3 Å². The molecular formula is C20H19F3N4OS. The van der Waals surface area contributed by atoms with E-state index in [0.29, 0.717) is 0 Å². The molecule has 0 aliphatic rings. The van der Waals surface area contributed by atoms with Crippen LogP contribution in [0.25, 0.3) is 0 Å². The lowest BCUT2D eigenvalue weighted by atomic mass is 9.98. The maximum atomic E-state index is 12.9. The summed E-state index contributed by atoms with van der Waals surface area (Å²) in [4.78, 5) is 12.8. The molecule has 0 saturated heterocycles. The largest absolute Gasteiger partial charge is 0.451 e. The van der Waals surface area contributed by atoms with Gasteiger partial charge in [-0.3, -0.25) is 4.79 Å². The molecule has 0 saturated carbocycles. The molecule has 9 heteroatoms. The predicted molar refractivity (Wildman–Crippen MR) is 104 cm³/mol. The summed E-state index contributed by atoms with van der Waals surface area (Å²) in [6.07, 6.45) is -4.60. The van der Waals surface area contributed by atoms with E-state index in [-0.39, 0.29) is 17.1 Å². The number of nitrogens with zero attached hydrogens (tertiary/aromatic N) is 3. The minimum Gasteiger partial charge on any atom is -0.344 e. The lowest BCUT2D eigenvalue weighted by Crippen LogP contribution is -2.35. The van der Waals surface area contributed by atoms with Gasteiger partial charge in [0.25, 0.3) is 0 Å². The van der Waals surface area contributed by atoms with Gasteiger partial charge in [0.05, 0.1) is 11.3 Å². The van der Waals surface area contributed by atoms with Crippen LogP contribution in [-0.4, -0.2) is 25.9 Å². The molecule has 0 aliphatic carbocycles. The first-order chi connectivity index (χ1) is 13.8. The van der Waals surface area contributed by atoms with Crippen molar-refractivity contribution < 1.29 is 18.0 Å². The van der Waals surface area contributed by atoms with Gasteiger partial charge in [0.15, 0.2) is 5.16 Å². The molecule has 29 heavy (non-hydrogen) atoms. The van der Waals surface area contributed by atoms with Crippen molar-refractivity contribution in [2.45, 2.75) is 29.5 Å². The van der Waals surface area contributed by atoms with E-state index >= 15 is 0 Å². The molecule has 1 heterocycles. The highest BCUT2D eigenvalue weighted by molar-refractivity contribution is 8.00. The second-order valence-corrected chi connectivity index (χ2v) is 7.69. The van der Waals surface area contributed by atoms with Gasteiger partial charge in [-0.1, -0.05) is 72.4 Å². The van der Waals surface area contributed by atoms with Crippen LogP contribution in [0.4, 0.5) is 13.2 Å². The minimum absolute atomic E-state index is 0.0240. The van der Waals surface area contributed by atoms with Crippen LogP contribution in [0.2, 0.25) is 0 Å². The monoisotopic (exact) mass is 420 g/mol. The first kappa shape index (κ1) is 20.9. The molecule has 1 unspecified atom stereocenters. The van der Waals surface area contributed by atoms with Gasteiger partial charge in [-0.2, -0.15) is 13.2 Å². The molecule has 5 nitrogen and oxygen atoms in total. The molecule has 0 spiro atoms. The molecule has 3 aromatic rings. The maximum Gasteiger partial charge on any atom is 0.451 e. The second-order valence-electron chi connectivity index (χ2n) is 6.39. The molecule has 3 rings (SSSR count). The average Bonchev–Trinajstić information content (AvgIpc) is 3.08. The van der Waals surface area contributed by atoms with Crippen LogP contribution in [0.15, 0.2) is 65.8 Å². The molecular weight excluding hydrogens is 401 g/mol. The van der Waals surface area contributed by atoms with Crippen LogP contribution in [0.5, 0.6) is 0 Å². The van der Waals surface area contributed by atoms with Crippen LogP contribution in [0, 0.1) is 0 Å². The SMILES string of the molecule is CC(Sc1nnc(C(F)(F)F)n1C)C(=O)NC(c1ccccc1)c1ccccc1. The Labute approximate surface area is 170 Å². The van der Waals surface area contributed by atoms with E-state index in [9.17, 15) is 18.0 Å². The average molecular weight is 420 g/mol. The molecule has 1 aromatic heterocycles. The van der Waals surface area contributed by atoms with E-state index in [1.807, 2.05) is 60.7 Å². The number of hydrogen-bond acceptors (Lipinski definition) is 4. The van der Waals surface area contributed by atoms with Crippen molar-refractivity contribution >= 4 is 17.7 Å². The highest BCUT2D eigenvalue weighted by atomic mass is 32.2. The summed E-state index contributed by atoms with van der Waals surface area (Å²) in [6, 6.07) is 18.6. The second kappa shape index (κ2) is 8.69. The Morgan fingerprint density at radius 1 is 1.00 bits per heavy atom. The van der Waals surface area contributed by atoms with Gasteiger partial charge >= 0.3 is 6.18 Å². The first-order valence-corrected chi connectivity index (χ1v) is 9.69. The van der Waals surface area contributed by atoms with Crippen LogP contribution < -0.4 is 5.32 Å². The number of halogens is 3. The zero-order valence-electron chi connectivity index (χ0n) is 15.7. The Balaban J connectivity index is 1.77. The topological polar surface area (TPSA) is 59.8 Å². The lowest BCUT2D eigenvalue weighted by molar-refractivity contribution is -0.147. The number of amides is 1. The molecule has 152 valence electrons. The van der Waals surface area contributed by atoms with Gasteiger partial charge in [-0.25, -0.2) is 0 Å². The number of benzene rings is 2. The number of hydrogen-bond donors (Lipinski definition) is 1. The van der Waals surface area contributed by atoms with Gasteiger partial charge in [-0.15, -0.1) is 10.2 Å². The van der Waals surface area contributed by atoms with E-state index in [0.717, 1.165) is 27.5 Å². The Morgan fingerprint density at radius 2 is 1.52 bits per heavy atom. The predicted octanol–water partition coefficient (Wildman–Crippen LogP) is 4.22. The standard InChI is InChI=1S/C20H19F3N4OS/c1-13(29-19-26-25-18(27(19)2)20(21,22)23)17(28)24-16(14-9-5-3-6-10-14)15-11-7-4-8-12-15/h3-13,16H,1-2H3,(H,24,28). The third-order valence-corrected chi connectivity index (χ3v) is 5.43.